The van der Waals surface area contributed by atoms with Gasteiger partial charge >= 0.3 is 0 Å². The quantitative estimate of drug-likeness (QED) is 0.370. The molecule has 2 N–H and O–H groups in total. The van der Waals surface area contributed by atoms with Crippen molar-refractivity contribution in [1.82, 2.24) is 15.2 Å². The summed E-state index contributed by atoms with van der Waals surface area (Å²) in [6.07, 6.45) is 3.29. The maximum absolute atomic E-state index is 11.0. The van der Waals surface area contributed by atoms with Crippen LogP contribution in [-0.4, -0.2) is 47.8 Å². The standard InChI is InChI=1S/C26H28ClN3O2S/c1-32-22-7-4-6-19-18(9-12-28-26(19)22)21(31)16-30-13-10-17(11-14-30)29-15-24-25(27)20-5-2-3-8-23(20)33-24/h2-9,12,17,21,29,31H,10-11,13-16H2,1H3. The maximum Gasteiger partial charge on any atom is 0.145 e. The van der Waals surface area contributed by atoms with Crippen LogP contribution >= 0.6 is 22.9 Å². The monoisotopic (exact) mass is 481 g/mol. The molecule has 7 heteroatoms. The summed E-state index contributed by atoms with van der Waals surface area (Å²) in [5.74, 6) is 0.729. The zero-order chi connectivity index (χ0) is 22.8. The first-order valence-electron chi connectivity index (χ1n) is 11.4. The Morgan fingerprint density at radius 3 is 2.73 bits per heavy atom. The molecule has 5 rings (SSSR count). The van der Waals surface area contributed by atoms with Crippen LogP contribution < -0.4 is 10.1 Å². The highest BCUT2D eigenvalue weighted by Crippen LogP contribution is 2.35. The second-order valence-corrected chi connectivity index (χ2v) is 10.1. The predicted octanol–water partition coefficient (Wildman–Crippen LogP) is 5.40. The van der Waals surface area contributed by atoms with Gasteiger partial charge in [0.25, 0.3) is 0 Å². The van der Waals surface area contributed by atoms with Gasteiger partial charge < -0.3 is 20.1 Å². The van der Waals surface area contributed by atoms with Crippen LogP contribution in [0.25, 0.3) is 21.0 Å². The minimum absolute atomic E-state index is 0.464. The zero-order valence-electron chi connectivity index (χ0n) is 18.6. The number of methoxy groups -OCH3 is 1. The van der Waals surface area contributed by atoms with Crippen molar-refractivity contribution in [3.05, 3.63) is 70.2 Å². The third kappa shape index (κ3) is 4.72. The van der Waals surface area contributed by atoms with Gasteiger partial charge in [0.05, 0.1) is 18.2 Å². The number of nitrogens with one attached hydrogen (secondary N) is 1. The van der Waals surface area contributed by atoms with Crippen LogP contribution in [-0.2, 0) is 6.54 Å². The van der Waals surface area contributed by atoms with Crippen molar-refractivity contribution in [1.29, 1.82) is 0 Å². The lowest BCUT2D eigenvalue weighted by Crippen LogP contribution is -2.43. The number of benzene rings is 2. The summed E-state index contributed by atoms with van der Waals surface area (Å²) in [4.78, 5) is 8.00. The molecule has 1 aliphatic rings. The fourth-order valence-electron chi connectivity index (χ4n) is 4.70. The summed E-state index contributed by atoms with van der Waals surface area (Å²) in [5, 5.41) is 17.7. The summed E-state index contributed by atoms with van der Waals surface area (Å²) >= 11 is 8.37. The topological polar surface area (TPSA) is 57.6 Å². The second-order valence-electron chi connectivity index (χ2n) is 8.56. The summed E-state index contributed by atoms with van der Waals surface area (Å²) in [6.45, 7) is 3.34. The molecule has 0 radical (unpaired) electrons. The van der Waals surface area contributed by atoms with E-state index in [1.54, 1.807) is 24.6 Å². The van der Waals surface area contributed by atoms with E-state index in [2.05, 4.69) is 33.4 Å². The molecule has 1 fully saturated rings. The normalized spacial score (nSPS) is 16.5. The molecule has 33 heavy (non-hydrogen) atoms. The van der Waals surface area contributed by atoms with Crippen molar-refractivity contribution in [3.8, 4) is 5.75 Å². The Labute approximate surface area is 203 Å². The fraction of sp³-hybridized carbons (Fsp3) is 0.346. The third-order valence-corrected chi connectivity index (χ3v) is 8.23. The number of nitrogens with zero attached hydrogens (tertiary/aromatic N) is 2. The summed E-state index contributed by atoms with van der Waals surface area (Å²) in [5.41, 5.74) is 1.69. The third-order valence-electron chi connectivity index (χ3n) is 6.52. The van der Waals surface area contributed by atoms with Crippen LogP contribution in [0.1, 0.15) is 29.4 Å². The number of aromatic nitrogens is 1. The molecule has 172 valence electrons. The average Bonchev–Trinajstić information content (AvgIpc) is 3.18. The largest absolute Gasteiger partial charge is 0.494 e. The van der Waals surface area contributed by atoms with Gasteiger partial charge in [-0.2, -0.15) is 0 Å². The number of halogens is 1. The van der Waals surface area contributed by atoms with Gasteiger partial charge in [-0.25, -0.2) is 0 Å². The molecular formula is C26H28ClN3O2S. The van der Waals surface area contributed by atoms with Crippen molar-refractivity contribution in [2.45, 2.75) is 31.5 Å². The van der Waals surface area contributed by atoms with Gasteiger partial charge in [0.2, 0.25) is 0 Å². The van der Waals surface area contributed by atoms with E-state index in [0.717, 1.165) is 65.1 Å². The molecule has 1 atom stereocenters. The number of hydrogen-bond donors (Lipinski definition) is 2. The number of aliphatic hydroxyl groups excluding tert-OH is 1. The Kier molecular flexibility index (Phi) is 6.81. The second kappa shape index (κ2) is 9.95. The molecule has 4 aromatic rings. The van der Waals surface area contributed by atoms with E-state index in [4.69, 9.17) is 16.3 Å². The van der Waals surface area contributed by atoms with Crippen LogP contribution in [0.5, 0.6) is 5.75 Å². The molecule has 2 aromatic carbocycles. The number of hydrogen-bond acceptors (Lipinski definition) is 6. The van der Waals surface area contributed by atoms with Crippen LogP contribution in [0.15, 0.2) is 54.7 Å². The number of piperidine rings is 1. The van der Waals surface area contributed by atoms with Gasteiger partial charge in [0.15, 0.2) is 0 Å². The lowest BCUT2D eigenvalue weighted by atomic mass is 10.0. The SMILES string of the molecule is COc1cccc2c(C(O)CN3CCC(NCc4sc5ccccc5c4Cl)CC3)ccnc12. The number of β-amino-alcohol motifs (C(OH)–C–C–N with tert-alkyl or cyclic N) is 1. The first-order valence-corrected chi connectivity index (χ1v) is 12.5. The molecule has 2 aromatic heterocycles. The lowest BCUT2D eigenvalue weighted by Gasteiger charge is -2.33. The van der Waals surface area contributed by atoms with E-state index in [1.807, 2.05) is 30.3 Å². The number of aliphatic hydroxyl groups is 1. The molecule has 0 saturated carbocycles. The summed E-state index contributed by atoms with van der Waals surface area (Å²) in [6, 6.07) is 16.5. The highest BCUT2D eigenvalue weighted by atomic mass is 35.5. The number of fused-ring (bicyclic) bond motifs is 2. The molecule has 0 bridgehead atoms. The number of para-hydroxylation sites is 1. The average molecular weight is 482 g/mol. The predicted molar refractivity (Wildman–Crippen MR) is 136 cm³/mol. The minimum Gasteiger partial charge on any atom is -0.494 e. The van der Waals surface area contributed by atoms with E-state index in [0.29, 0.717) is 12.6 Å². The van der Waals surface area contributed by atoms with Crippen LogP contribution in [0, 0.1) is 0 Å². The molecule has 1 aliphatic heterocycles. The molecule has 3 heterocycles. The number of rotatable bonds is 7. The summed E-state index contributed by atoms with van der Waals surface area (Å²) < 4.78 is 6.67. The molecule has 1 saturated heterocycles. The number of pyridine rings is 1. The van der Waals surface area contributed by atoms with Crippen LogP contribution in [0.2, 0.25) is 5.02 Å². The van der Waals surface area contributed by atoms with Gasteiger partial charge in [-0.1, -0.05) is 41.9 Å². The van der Waals surface area contributed by atoms with Crippen molar-refractivity contribution in [3.63, 3.8) is 0 Å². The van der Waals surface area contributed by atoms with Gasteiger partial charge in [0.1, 0.15) is 11.3 Å². The van der Waals surface area contributed by atoms with Crippen LogP contribution in [0.4, 0.5) is 0 Å². The Bertz CT molecular complexity index is 1250. The van der Waals surface area contributed by atoms with Gasteiger partial charge in [-0.05, 0) is 49.7 Å². The molecular weight excluding hydrogens is 454 g/mol. The number of ether oxygens (including phenoxy) is 1. The Balaban J connectivity index is 1.17. The van der Waals surface area contributed by atoms with Gasteiger partial charge in [-0.15, -0.1) is 11.3 Å². The zero-order valence-corrected chi connectivity index (χ0v) is 20.2. The van der Waals surface area contributed by atoms with E-state index in [9.17, 15) is 5.11 Å². The van der Waals surface area contributed by atoms with Crippen molar-refractivity contribution < 1.29 is 9.84 Å². The first-order chi connectivity index (χ1) is 16.1. The Morgan fingerprint density at radius 2 is 1.94 bits per heavy atom. The molecule has 0 spiro atoms. The van der Waals surface area contributed by atoms with E-state index >= 15 is 0 Å². The molecule has 0 amide bonds. The van der Waals surface area contributed by atoms with Gasteiger partial charge in [0, 0.05) is 45.7 Å². The molecule has 0 aliphatic carbocycles. The van der Waals surface area contributed by atoms with E-state index < -0.39 is 6.10 Å². The van der Waals surface area contributed by atoms with Gasteiger partial charge in [-0.3, -0.25) is 4.98 Å². The smallest absolute Gasteiger partial charge is 0.145 e. The first kappa shape index (κ1) is 22.6. The highest BCUT2D eigenvalue weighted by molar-refractivity contribution is 7.19. The summed E-state index contributed by atoms with van der Waals surface area (Å²) in [7, 11) is 1.65. The highest BCUT2D eigenvalue weighted by Gasteiger charge is 2.23. The minimum atomic E-state index is -0.565. The fourth-order valence-corrected chi connectivity index (χ4v) is 6.15. The van der Waals surface area contributed by atoms with Crippen molar-refractivity contribution in [2.75, 3.05) is 26.7 Å². The molecule has 1 unspecified atom stereocenters. The van der Waals surface area contributed by atoms with E-state index in [-0.39, 0.29) is 0 Å². The van der Waals surface area contributed by atoms with Crippen molar-refractivity contribution in [2.24, 2.45) is 0 Å². The Morgan fingerprint density at radius 1 is 1.15 bits per heavy atom. The van der Waals surface area contributed by atoms with E-state index in [1.165, 1.54) is 9.58 Å². The maximum atomic E-state index is 11.0. The lowest BCUT2D eigenvalue weighted by molar-refractivity contribution is 0.0949. The number of thiophene rings is 1. The van der Waals surface area contributed by atoms with Crippen LogP contribution in [0.3, 0.4) is 0 Å². The van der Waals surface area contributed by atoms with Crippen molar-refractivity contribution >= 4 is 43.9 Å². The Hall–Kier alpha value is -2.22. The molecule has 5 nitrogen and oxygen atoms in total. The number of likely N-dealkylation sites (tertiary alicyclic amines) is 1.